The molecule has 0 amide bonds. The Morgan fingerprint density at radius 1 is 1.17 bits per heavy atom. The first-order valence-corrected chi connectivity index (χ1v) is 6.31. The van der Waals surface area contributed by atoms with Gasteiger partial charge < -0.3 is 16.2 Å². The van der Waals surface area contributed by atoms with Crippen LogP contribution in [-0.4, -0.2) is 17.1 Å². The lowest BCUT2D eigenvalue weighted by molar-refractivity contribution is 0.414. The average molecular weight is 262 g/mol. The molecule has 0 saturated heterocycles. The lowest BCUT2D eigenvalue weighted by atomic mass is 10.2. The summed E-state index contributed by atoms with van der Waals surface area (Å²) in [5, 5.41) is 0.774. The van der Waals surface area contributed by atoms with Crippen molar-refractivity contribution in [3.63, 3.8) is 0 Å². The van der Waals surface area contributed by atoms with Crippen molar-refractivity contribution in [2.45, 2.75) is 10.8 Å². The first-order chi connectivity index (χ1) is 8.67. The minimum atomic E-state index is 0.201. The summed E-state index contributed by atoms with van der Waals surface area (Å²) in [6.07, 6.45) is 0. The molecule has 2 aromatic rings. The minimum absolute atomic E-state index is 0.201. The van der Waals surface area contributed by atoms with E-state index in [-0.39, 0.29) is 5.95 Å². The molecule has 0 aliphatic heterocycles. The van der Waals surface area contributed by atoms with Gasteiger partial charge in [0.05, 0.1) is 7.11 Å². The molecule has 18 heavy (non-hydrogen) atoms. The highest BCUT2D eigenvalue weighted by molar-refractivity contribution is 7.98. The molecular weight excluding hydrogens is 248 g/mol. The molecule has 0 atom stereocenters. The van der Waals surface area contributed by atoms with Crippen molar-refractivity contribution in [3.8, 4) is 5.75 Å². The van der Waals surface area contributed by atoms with Gasteiger partial charge in [-0.15, -0.1) is 11.8 Å². The zero-order valence-corrected chi connectivity index (χ0v) is 10.8. The second-order valence-electron chi connectivity index (χ2n) is 3.63. The van der Waals surface area contributed by atoms with Crippen LogP contribution in [0.2, 0.25) is 0 Å². The monoisotopic (exact) mass is 262 g/mol. The molecule has 0 saturated carbocycles. The van der Waals surface area contributed by atoms with Crippen LogP contribution in [0.25, 0.3) is 0 Å². The number of methoxy groups -OCH3 is 1. The topological polar surface area (TPSA) is 87.0 Å². The highest BCUT2D eigenvalue weighted by atomic mass is 32.2. The van der Waals surface area contributed by atoms with E-state index in [9.17, 15) is 0 Å². The number of ether oxygens (including phenoxy) is 1. The molecule has 4 N–H and O–H groups in total. The summed E-state index contributed by atoms with van der Waals surface area (Å²) < 4.78 is 5.10. The van der Waals surface area contributed by atoms with Crippen molar-refractivity contribution in [2.24, 2.45) is 0 Å². The Bertz CT molecular complexity index is 510. The summed E-state index contributed by atoms with van der Waals surface area (Å²) in [4.78, 5) is 7.93. The fraction of sp³-hybridized carbons (Fsp3) is 0.167. The maximum absolute atomic E-state index is 5.61. The predicted molar refractivity (Wildman–Crippen MR) is 73.4 cm³/mol. The molecule has 0 unspecified atom stereocenters. The third-order valence-electron chi connectivity index (χ3n) is 2.29. The normalized spacial score (nSPS) is 10.3. The summed E-state index contributed by atoms with van der Waals surface area (Å²) in [5.74, 6) is 2.23. The number of nitrogens with zero attached hydrogens (tertiary/aromatic N) is 2. The smallest absolute Gasteiger partial charge is 0.223 e. The number of nitrogens with two attached hydrogens (primary N) is 2. The number of benzene rings is 1. The van der Waals surface area contributed by atoms with Gasteiger partial charge in [-0.1, -0.05) is 12.1 Å². The van der Waals surface area contributed by atoms with E-state index in [1.54, 1.807) is 24.9 Å². The van der Waals surface area contributed by atoms with Crippen molar-refractivity contribution in [3.05, 3.63) is 35.9 Å². The fourth-order valence-corrected chi connectivity index (χ4v) is 2.28. The molecule has 0 radical (unpaired) electrons. The van der Waals surface area contributed by atoms with Gasteiger partial charge in [0.15, 0.2) is 0 Å². The Balaban J connectivity index is 2.01. The van der Waals surface area contributed by atoms with Gasteiger partial charge >= 0.3 is 0 Å². The first-order valence-electron chi connectivity index (χ1n) is 5.33. The van der Waals surface area contributed by atoms with Crippen LogP contribution >= 0.6 is 11.8 Å². The fourth-order valence-electron chi connectivity index (χ4n) is 1.41. The Kier molecular flexibility index (Phi) is 3.88. The van der Waals surface area contributed by atoms with E-state index in [0.717, 1.165) is 16.5 Å². The molecule has 2 rings (SSSR count). The van der Waals surface area contributed by atoms with Gasteiger partial charge in [-0.3, -0.25) is 0 Å². The predicted octanol–water partition coefficient (Wildman–Crippen LogP) is 1.94. The van der Waals surface area contributed by atoms with E-state index in [1.165, 1.54) is 5.56 Å². The molecule has 1 aromatic heterocycles. The Morgan fingerprint density at radius 3 is 2.50 bits per heavy atom. The van der Waals surface area contributed by atoms with Crippen LogP contribution in [0.15, 0.2) is 35.4 Å². The highest BCUT2D eigenvalue weighted by Crippen LogP contribution is 2.23. The van der Waals surface area contributed by atoms with Gasteiger partial charge in [-0.05, 0) is 17.7 Å². The minimum Gasteiger partial charge on any atom is -0.497 e. The molecule has 0 bridgehead atoms. The Hall–Kier alpha value is -1.95. The van der Waals surface area contributed by atoms with E-state index < -0.39 is 0 Å². The highest BCUT2D eigenvalue weighted by Gasteiger charge is 2.02. The zero-order valence-electron chi connectivity index (χ0n) is 9.96. The molecule has 1 aromatic carbocycles. The van der Waals surface area contributed by atoms with E-state index in [2.05, 4.69) is 9.97 Å². The van der Waals surface area contributed by atoms with Crippen molar-refractivity contribution < 1.29 is 4.74 Å². The van der Waals surface area contributed by atoms with Crippen molar-refractivity contribution in [1.82, 2.24) is 9.97 Å². The van der Waals surface area contributed by atoms with Crippen LogP contribution < -0.4 is 16.2 Å². The van der Waals surface area contributed by atoms with Crippen molar-refractivity contribution >= 4 is 23.5 Å². The van der Waals surface area contributed by atoms with Gasteiger partial charge in [0, 0.05) is 11.8 Å². The Morgan fingerprint density at radius 2 is 1.89 bits per heavy atom. The third-order valence-corrected chi connectivity index (χ3v) is 3.27. The van der Waals surface area contributed by atoms with Crippen LogP contribution in [-0.2, 0) is 5.75 Å². The second kappa shape index (κ2) is 5.59. The van der Waals surface area contributed by atoms with Crippen LogP contribution in [0.3, 0.4) is 0 Å². The number of hydrogen-bond acceptors (Lipinski definition) is 6. The van der Waals surface area contributed by atoms with Crippen LogP contribution in [0.5, 0.6) is 5.75 Å². The molecule has 94 valence electrons. The average Bonchev–Trinajstić information content (AvgIpc) is 2.36. The van der Waals surface area contributed by atoms with Crippen molar-refractivity contribution in [1.29, 1.82) is 0 Å². The summed E-state index contributed by atoms with van der Waals surface area (Å²) in [5.41, 5.74) is 12.3. The number of thioether (sulfide) groups is 1. The lowest BCUT2D eigenvalue weighted by Crippen LogP contribution is -2.00. The van der Waals surface area contributed by atoms with Crippen molar-refractivity contribution in [2.75, 3.05) is 18.6 Å². The quantitative estimate of drug-likeness (QED) is 0.647. The number of hydrogen-bond donors (Lipinski definition) is 2. The number of aromatic nitrogens is 2. The molecule has 6 heteroatoms. The third kappa shape index (κ3) is 3.27. The standard InChI is InChI=1S/C12H14N4OS/c1-17-9-4-2-8(3-5-9)7-18-11-6-10(13)15-12(14)16-11/h2-6H,7H2,1H3,(H4,13,14,15,16). The van der Waals surface area contributed by atoms with Crippen LogP contribution in [0.4, 0.5) is 11.8 Å². The summed E-state index contributed by atoms with van der Waals surface area (Å²) in [6.45, 7) is 0. The Labute approximate surface area is 110 Å². The molecule has 1 heterocycles. The van der Waals surface area contributed by atoms with E-state index in [4.69, 9.17) is 16.2 Å². The molecule has 5 nitrogen and oxygen atoms in total. The number of anilines is 2. The van der Waals surface area contributed by atoms with E-state index >= 15 is 0 Å². The SMILES string of the molecule is COc1ccc(CSc2cc(N)nc(N)n2)cc1. The van der Waals surface area contributed by atoms with Gasteiger partial charge in [-0.2, -0.15) is 4.98 Å². The molecular formula is C12H14N4OS. The van der Waals surface area contributed by atoms with Gasteiger partial charge in [-0.25, -0.2) is 4.98 Å². The maximum Gasteiger partial charge on any atom is 0.223 e. The maximum atomic E-state index is 5.61. The van der Waals surface area contributed by atoms with Gasteiger partial charge in [0.25, 0.3) is 0 Å². The second-order valence-corrected chi connectivity index (χ2v) is 4.62. The lowest BCUT2D eigenvalue weighted by Gasteiger charge is -2.04. The molecule has 0 fully saturated rings. The van der Waals surface area contributed by atoms with E-state index in [1.807, 2.05) is 24.3 Å². The summed E-state index contributed by atoms with van der Waals surface area (Å²) in [6, 6.07) is 9.60. The van der Waals surface area contributed by atoms with Crippen LogP contribution in [0.1, 0.15) is 5.56 Å². The summed E-state index contributed by atoms with van der Waals surface area (Å²) in [7, 11) is 1.65. The van der Waals surface area contributed by atoms with Crippen LogP contribution in [0, 0.1) is 0 Å². The first kappa shape index (κ1) is 12.5. The largest absolute Gasteiger partial charge is 0.497 e. The molecule has 0 aliphatic rings. The molecule has 0 aliphatic carbocycles. The molecule has 0 spiro atoms. The van der Waals surface area contributed by atoms with E-state index in [0.29, 0.717) is 5.82 Å². The number of nitrogen functional groups attached to an aromatic ring is 2. The van der Waals surface area contributed by atoms with Gasteiger partial charge in [0.2, 0.25) is 5.95 Å². The number of rotatable bonds is 4. The zero-order chi connectivity index (χ0) is 13.0. The summed E-state index contributed by atoms with van der Waals surface area (Å²) >= 11 is 1.56. The van der Waals surface area contributed by atoms with Gasteiger partial charge in [0.1, 0.15) is 16.6 Å².